The Bertz CT molecular complexity index is 502. The number of hydrogen-bond donors (Lipinski definition) is 1. The third kappa shape index (κ3) is 1.55. The molecule has 1 atom stereocenters. The minimum atomic E-state index is -3.10. The molecule has 0 aromatic carbocycles. The van der Waals surface area contributed by atoms with Crippen molar-refractivity contribution in [3.63, 3.8) is 0 Å². The van der Waals surface area contributed by atoms with Gasteiger partial charge in [-0.15, -0.1) is 0 Å². The Kier molecular flexibility index (Phi) is 2.27. The van der Waals surface area contributed by atoms with Gasteiger partial charge in [0.05, 0.1) is 24.6 Å². The van der Waals surface area contributed by atoms with Gasteiger partial charge < -0.3 is 10.1 Å². The normalized spacial score (nSPS) is 27.9. The number of nitrogens with one attached hydrogen (secondary N) is 1. The molecular weight excluding hydrogens is 230 g/mol. The highest BCUT2D eigenvalue weighted by atomic mass is 32.2. The molecule has 7 heteroatoms. The summed E-state index contributed by atoms with van der Waals surface area (Å²) in [6.45, 7) is 2.62. The van der Waals surface area contributed by atoms with E-state index in [9.17, 15) is 8.42 Å². The fraction of sp³-hybridized carbons (Fsp3) is 0.667. The third-order valence-corrected chi connectivity index (χ3v) is 4.60. The Labute approximate surface area is 93.5 Å². The van der Waals surface area contributed by atoms with Gasteiger partial charge in [0.25, 0.3) is 0 Å². The van der Waals surface area contributed by atoms with Gasteiger partial charge in [-0.2, -0.15) is 5.10 Å². The van der Waals surface area contributed by atoms with Crippen molar-refractivity contribution in [3.8, 4) is 0 Å². The van der Waals surface area contributed by atoms with Gasteiger partial charge in [-0.1, -0.05) is 0 Å². The molecule has 1 N–H and O–H groups in total. The van der Waals surface area contributed by atoms with Crippen LogP contribution in [0.2, 0.25) is 0 Å². The summed E-state index contributed by atoms with van der Waals surface area (Å²) in [5.41, 5.74) is 0.713. The summed E-state index contributed by atoms with van der Waals surface area (Å²) in [6, 6.07) is 1.64. The van der Waals surface area contributed by atoms with Gasteiger partial charge in [0, 0.05) is 19.2 Å². The summed E-state index contributed by atoms with van der Waals surface area (Å²) in [6.07, 6.45) is -0.123. The molecule has 3 heterocycles. The van der Waals surface area contributed by atoms with Crippen molar-refractivity contribution in [1.29, 1.82) is 0 Å². The maximum absolute atomic E-state index is 11.6. The van der Waals surface area contributed by atoms with Crippen LogP contribution in [-0.4, -0.2) is 43.6 Å². The Morgan fingerprint density at radius 3 is 3.12 bits per heavy atom. The van der Waals surface area contributed by atoms with E-state index in [1.165, 1.54) is 0 Å². The molecule has 6 nitrogen and oxygen atoms in total. The lowest BCUT2D eigenvalue weighted by Gasteiger charge is -2.21. The molecule has 2 aliphatic heterocycles. The van der Waals surface area contributed by atoms with Crippen LogP contribution in [0.3, 0.4) is 0 Å². The zero-order chi connectivity index (χ0) is 11.2. The largest absolute Gasteiger partial charge is 0.369 e. The number of nitrogens with zero attached hydrogens (tertiary/aromatic N) is 2. The lowest BCUT2D eigenvalue weighted by Crippen LogP contribution is -2.33. The molecule has 88 valence electrons. The Morgan fingerprint density at radius 2 is 2.44 bits per heavy atom. The second-order valence-corrected chi connectivity index (χ2v) is 6.07. The van der Waals surface area contributed by atoms with Crippen molar-refractivity contribution in [1.82, 2.24) is 15.1 Å². The first-order valence-electron chi connectivity index (χ1n) is 5.30. The summed E-state index contributed by atoms with van der Waals surface area (Å²) in [5.74, 6) is 0.166. The Balaban J connectivity index is 1.94. The average molecular weight is 243 g/mol. The second-order valence-electron chi connectivity index (χ2n) is 4.01. The van der Waals surface area contributed by atoms with Crippen LogP contribution in [-0.2, 0) is 21.1 Å². The van der Waals surface area contributed by atoms with Crippen molar-refractivity contribution >= 4 is 9.84 Å². The van der Waals surface area contributed by atoms with Gasteiger partial charge in [-0.05, 0) is 0 Å². The van der Waals surface area contributed by atoms with E-state index < -0.39 is 9.84 Å². The molecule has 1 saturated heterocycles. The second kappa shape index (κ2) is 3.54. The minimum absolute atomic E-state index is 0.123. The highest BCUT2D eigenvalue weighted by Crippen LogP contribution is 2.25. The number of morpholine rings is 1. The van der Waals surface area contributed by atoms with Crippen molar-refractivity contribution in [2.75, 3.05) is 25.4 Å². The van der Waals surface area contributed by atoms with Gasteiger partial charge >= 0.3 is 0 Å². The standard InChI is InChI=1S/C9H13N3O3S/c13-16(14)4-2-12-9(16)5-7(11-12)8-6-10-1-3-15-8/h5,8,10H,1-4,6H2. The first-order valence-corrected chi connectivity index (χ1v) is 6.95. The molecule has 1 unspecified atom stereocenters. The molecule has 3 rings (SSSR count). The van der Waals surface area contributed by atoms with E-state index in [0.717, 1.165) is 6.54 Å². The van der Waals surface area contributed by atoms with E-state index in [2.05, 4.69) is 10.4 Å². The Hall–Kier alpha value is -0.920. The lowest BCUT2D eigenvalue weighted by atomic mass is 10.2. The first-order chi connectivity index (χ1) is 7.67. The van der Waals surface area contributed by atoms with Gasteiger partial charge in [0.1, 0.15) is 6.10 Å². The fourth-order valence-corrected chi connectivity index (χ4v) is 3.43. The van der Waals surface area contributed by atoms with Crippen molar-refractivity contribution in [2.24, 2.45) is 0 Å². The van der Waals surface area contributed by atoms with E-state index in [0.29, 0.717) is 30.4 Å². The van der Waals surface area contributed by atoms with E-state index >= 15 is 0 Å². The van der Waals surface area contributed by atoms with Crippen LogP contribution in [0.5, 0.6) is 0 Å². The molecule has 0 bridgehead atoms. The summed E-state index contributed by atoms with van der Waals surface area (Å²) in [4.78, 5) is 0. The molecule has 2 aliphatic rings. The lowest BCUT2D eigenvalue weighted by molar-refractivity contribution is 0.0246. The SMILES string of the molecule is O=S1(=O)CCn2nc(C3CNCCO3)cc21. The van der Waals surface area contributed by atoms with Crippen LogP contribution in [0.15, 0.2) is 11.1 Å². The van der Waals surface area contributed by atoms with Gasteiger partial charge in [0.2, 0.25) is 0 Å². The number of rotatable bonds is 1. The Morgan fingerprint density at radius 1 is 1.56 bits per heavy atom. The van der Waals surface area contributed by atoms with Crippen LogP contribution in [0.4, 0.5) is 0 Å². The topological polar surface area (TPSA) is 73.2 Å². The number of ether oxygens (including phenoxy) is 1. The smallest absolute Gasteiger partial charge is 0.197 e. The zero-order valence-electron chi connectivity index (χ0n) is 8.72. The molecular formula is C9H13N3O3S. The van der Waals surface area contributed by atoms with Crippen LogP contribution >= 0.6 is 0 Å². The van der Waals surface area contributed by atoms with E-state index in [-0.39, 0.29) is 11.9 Å². The number of aromatic nitrogens is 2. The van der Waals surface area contributed by atoms with Crippen LogP contribution in [0, 0.1) is 0 Å². The first kappa shape index (κ1) is 10.2. The van der Waals surface area contributed by atoms with Crippen LogP contribution in [0.1, 0.15) is 11.8 Å². The monoisotopic (exact) mass is 243 g/mol. The number of sulfone groups is 1. The van der Waals surface area contributed by atoms with Gasteiger partial charge in [-0.25, -0.2) is 8.42 Å². The van der Waals surface area contributed by atoms with E-state index in [4.69, 9.17) is 4.74 Å². The quantitative estimate of drug-likeness (QED) is 0.708. The predicted molar refractivity (Wildman–Crippen MR) is 55.8 cm³/mol. The van der Waals surface area contributed by atoms with Crippen LogP contribution < -0.4 is 5.32 Å². The molecule has 1 fully saturated rings. The molecule has 0 saturated carbocycles. The van der Waals surface area contributed by atoms with E-state index in [1.807, 2.05) is 0 Å². The summed E-state index contributed by atoms with van der Waals surface area (Å²) >= 11 is 0. The number of fused-ring (bicyclic) bond motifs is 1. The van der Waals surface area contributed by atoms with Gasteiger partial charge in [-0.3, -0.25) is 4.68 Å². The van der Waals surface area contributed by atoms with Gasteiger partial charge in [0.15, 0.2) is 14.9 Å². The fourth-order valence-electron chi connectivity index (χ4n) is 2.05. The summed E-state index contributed by atoms with van der Waals surface area (Å²) < 4.78 is 30.4. The summed E-state index contributed by atoms with van der Waals surface area (Å²) in [5, 5.41) is 7.81. The molecule has 0 aliphatic carbocycles. The van der Waals surface area contributed by atoms with E-state index in [1.54, 1.807) is 10.7 Å². The minimum Gasteiger partial charge on any atom is -0.369 e. The molecule has 0 amide bonds. The number of aryl methyl sites for hydroxylation is 1. The molecule has 1 aromatic heterocycles. The predicted octanol–water partition coefficient (Wildman–Crippen LogP) is -0.669. The highest BCUT2D eigenvalue weighted by molar-refractivity contribution is 7.91. The molecule has 0 radical (unpaired) electrons. The summed E-state index contributed by atoms with van der Waals surface area (Å²) in [7, 11) is -3.10. The highest BCUT2D eigenvalue weighted by Gasteiger charge is 2.30. The maximum atomic E-state index is 11.6. The van der Waals surface area contributed by atoms with Crippen molar-refractivity contribution < 1.29 is 13.2 Å². The van der Waals surface area contributed by atoms with Crippen LogP contribution in [0.25, 0.3) is 0 Å². The molecule has 1 aromatic rings. The third-order valence-electron chi connectivity index (χ3n) is 2.91. The van der Waals surface area contributed by atoms with Crippen molar-refractivity contribution in [3.05, 3.63) is 11.8 Å². The van der Waals surface area contributed by atoms with Crippen molar-refractivity contribution in [2.45, 2.75) is 17.7 Å². The zero-order valence-corrected chi connectivity index (χ0v) is 9.53. The molecule has 16 heavy (non-hydrogen) atoms. The number of hydrogen-bond acceptors (Lipinski definition) is 5. The average Bonchev–Trinajstić information content (AvgIpc) is 2.82. The molecule has 0 spiro atoms. The maximum Gasteiger partial charge on any atom is 0.197 e.